The molecule has 0 aliphatic carbocycles. The lowest BCUT2D eigenvalue weighted by Gasteiger charge is -2.14. The van der Waals surface area contributed by atoms with Crippen LogP contribution in [0.2, 0.25) is 5.02 Å². The normalized spacial score (nSPS) is 11.5. The highest BCUT2D eigenvalue weighted by atomic mass is 35.5. The molecule has 1 aromatic heterocycles. The second-order valence-electron chi connectivity index (χ2n) is 5.19. The van der Waals surface area contributed by atoms with Crippen LogP contribution in [0.3, 0.4) is 0 Å². The monoisotopic (exact) mass is 304 g/mol. The molecule has 0 saturated carbocycles. The molecule has 1 heterocycles. The van der Waals surface area contributed by atoms with Crippen molar-refractivity contribution in [1.29, 1.82) is 0 Å². The molecule has 0 fully saturated rings. The molecule has 3 aromatic rings. The second kappa shape index (κ2) is 5.04. The van der Waals surface area contributed by atoms with Crippen LogP contribution >= 0.6 is 11.6 Å². The van der Waals surface area contributed by atoms with E-state index in [0.717, 1.165) is 5.52 Å². The average molecular weight is 305 g/mol. The fraction of sp³-hybridized carbons (Fsp3) is 0.188. The summed E-state index contributed by atoms with van der Waals surface area (Å²) in [6, 6.07) is 9.51. The van der Waals surface area contributed by atoms with E-state index in [0.29, 0.717) is 21.9 Å². The summed E-state index contributed by atoms with van der Waals surface area (Å²) in [5.74, 6) is 0.322. The molecule has 3 nitrogen and oxygen atoms in total. The lowest BCUT2D eigenvalue weighted by atomic mass is 10.2. The molecule has 0 aliphatic rings. The van der Waals surface area contributed by atoms with Gasteiger partial charge in [0.1, 0.15) is 17.4 Å². The number of nitrogens with zero attached hydrogens (tertiary/aromatic N) is 2. The largest absolute Gasteiger partial charge is 0.507 e. The summed E-state index contributed by atoms with van der Waals surface area (Å²) in [6.45, 7) is 4.03. The zero-order valence-electron chi connectivity index (χ0n) is 11.6. The Bertz CT molecular complexity index is 827. The van der Waals surface area contributed by atoms with Crippen LogP contribution in [0.25, 0.3) is 22.4 Å². The topological polar surface area (TPSA) is 38.0 Å². The van der Waals surface area contributed by atoms with Gasteiger partial charge in [-0.2, -0.15) is 0 Å². The lowest BCUT2D eigenvalue weighted by Crippen LogP contribution is -2.03. The summed E-state index contributed by atoms with van der Waals surface area (Å²) in [5.41, 5.74) is 1.97. The smallest absolute Gasteiger partial charge is 0.145 e. The van der Waals surface area contributed by atoms with Gasteiger partial charge in [0.2, 0.25) is 0 Å². The Kier molecular flexibility index (Phi) is 3.33. The molecule has 0 saturated heterocycles. The minimum atomic E-state index is -0.331. The van der Waals surface area contributed by atoms with Crippen LogP contribution < -0.4 is 0 Å². The summed E-state index contributed by atoms with van der Waals surface area (Å²) in [5, 5.41) is 10.6. The van der Waals surface area contributed by atoms with Gasteiger partial charge in [-0.15, -0.1) is 0 Å². The van der Waals surface area contributed by atoms with E-state index in [-0.39, 0.29) is 17.6 Å². The first-order valence-corrected chi connectivity index (χ1v) is 7.01. The third-order valence-corrected chi connectivity index (χ3v) is 3.60. The number of hydrogen-bond donors (Lipinski definition) is 1. The molecular formula is C16H14ClFN2O. The van der Waals surface area contributed by atoms with Crippen LogP contribution in [0.5, 0.6) is 5.75 Å². The predicted octanol–water partition coefficient (Wildman–Crippen LogP) is 4.78. The van der Waals surface area contributed by atoms with Gasteiger partial charge in [0.25, 0.3) is 0 Å². The quantitative estimate of drug-likeness (QED) is 0.739. The van der Waals surface area contributed by atoms with Crippen molar-refractivity contribution in [1.82, 2.24) is 9.55 Å². The van der Waals surface area contributed by atoms with E-state index in [2.05, 4.69) is 4.98 Å². The van der Waals surface area contributed by atoms with Crippen LogP contribution in [0, 0.1) is 5.82 Å². The number of hydrogen-bond acceptors (Lipinski definition) is 2. The van der Waals surface area contributed by atoms with Crippen molar-refractivity contribution in [3.8, 4) is 17.1 Å². The molecule has 21 heavy (non-hydrogen) atoms. The van der Waals surface area contributed by atoms with Gasteiger partial charge in [-0.3, -0.25) is 0 Å². The molecule has 5 heteroatoms. The minimum absolute atomic E-state index is 0.0557. The van der Waals surface area contributed by atoms with Gasteiger partial charge >= 0.3 is 0 Å². The van der Waals surface area contributed by atoms with E-state index >= 15 is 0 Å². The van der Waals surface area contributed by atoms with E-state index in [1.165, 1.54) is 18.2 Å². The maximum atomic E-state index is 13.4. The number of phenols is 1. The van der Waals surface area contributed by atoms with Gasteiger partial charge in [-0.05, 0) is 44.2 Å². The van der Waals surface area contributed by atoms with E-state index < -0.39 is 0 Å². The van der Waals surface area contributed by atoms with Gasteiger partial charge in [0.05, 0.1) is 16.6 Å². The third-order valence-electron chi connectivity index (χ3n) is 3.37. The van der Waals surface area contributed by atoms with E-state index in [4.69, 9.17) is 11.6 Å². The van der Waals surface area contributed by atoms with Crippen molar-refractivity contribution in [3.63, 3.8) is 0 Å². The number of aromatic nitrogens is 2. The average Bonchev–Trinajstić information content (AvgIpc) is 2.76. The summed E-state index contributed by atoms with van der Waals surface area (Å²) in [6.07, 6.45) is 0. The minimum Gasteiger partial charge on any atom is -0.507 e. The number of halogens is 2. The molecule has 0 bridgehead atoms. The van der Waals surface area contributed by atoms with Gasteiger partial charge in [-0.1, -0.05) is 11.6 Å². The number of benzene rings is 2. The fourth-order valence-corrected chi connectivity index (χ4v) is 2.64. The van der Waals surface area contributed by atoms with Crippen LogP contribution in [-0.4, -0.2) is 14.7 Å². The Hall–Kier alpha value is -2.07. The molecule has 0 radical (unpaired) electrons. The highest BCUT2D eigenvalue weighted by Crippen LogP contribution is 2.35. The summed E-state index contributed by atoms with van der Waals surface area (Å²) < 4.78 is 15.4. The maximum absolute atomic E-state index is 13.4. The Morgan fingerprint density at radius 1 is 1.19 bits per heavy atom. The molecular weight excluding hydrogens is 291 g/mol. The zero-order chi connectivity index (χ0) is 15.1. The van der Waals surface area contributed by atoms with Crippen molar-refractivity contribution in [2.24, 2.45) is 0 Å². The number of rotatable bonds is 2. The first-order valence-electron chi connectivity index (χ1n) is 6.63. The Balaban J connectivity index is 2.33. The Morgan fingerprint density at radius 2 is 1.95 bits per heavy atom. The van der Waals surface area contributed by atoms with E-state index in [9.17, 15) is 9.50 Å². The Labute approximate surface area is 126 Å². The molecule has 0 aliphatic heterocycles. The second-order valence-corrected chi connectivity index (χ2v) is 5.63. The van der Waals surface area contributed by atoms with Crippen LogP contribution in [-0.2, 0) is 0 Å². The summed E-state index contributed by atoms with van der Waals surface area (Å²) >= 11 is 5.87. The van der Waals surface area contributed by atoms with Crippen molar-refractivity contribution in [3.05, 3.63) is 47.2 Å². The molecule has 108 valence electrons. The highest BCUT2D eigenvalue weighted by molar-refractivity contribution is 6.30. The van der Waals surface area contributed by atoms with E-state index in [1.54, 1.807) is 18.2 Å². The van der Waals surface area contributed by atoms with Crippen molar-refractivity contribution in [2.45, 2.75) is 19.9 Å². The van der Waals surface area contributed by atoms with Crippen molar-refractivity contribution < 1.29 is 9.50 Å². The fourth-order valence-electron chi connectivity index (χ4n) is 2.48. The van der Waals surface area contributed by atoms with Crippen molar-refractivity contribution in [2.75, 3.05) is 0 Å². The molecule has 2 aromatic carbocycles. The zero-order valence-corrected chi connectivity index (χ0v) is 12.4. The molecule has 0 spiro atoms. The highest BCUT2D eigenvalue weighted by Gasteiger charge is 2.18. The molecule has 0 atom stereocenters. The molecule has 3 rings (SSSR count). The number of fused-ring (bicyclic) bond motifs is 1. The molecule has 1 N–H and O–H groups in total. The molecule has 0 unspecified atom stereocenters. The first kappa shape index (κ1) is 13.9. The lowest BCUT2D eigenvalue weighted by molar-refractivity contribution is 0.476. The predicted molar refractivity (Wildman–Crippen MR) is 82.2 cm³/mol. The van der Waals surface area contributed by atoms with Crippen LogP contribution in [0.1, 0.15) is 19.9 Å². The SMILES string of the molecule is CC(C)n1c(-c2ccc(Cl)cc2O)nc2cc(F)ccc21. The number of aromatic hydroxyl groups is 1. The molecule has 0 amide bonds. The van der Waals surface area contributed by atoms with Gasteiger partial charge < -0.3 is 9.67 Å². The maximum Gasteiger partial charge on any atom is 0.145 e. The van der Waals surface area contributed by atoms with Crippen LogP contribution in [0.15, 0.2) is 36.4 Å². The summed E-state index contributed by atoms with van der Waals surface area (Å²) in [7, 11) is 0. The van der Waals surface area contributed by atoms with Gasteiger partial charge in [0.15, 0.2) is 0 Å². The van der Waals surface area contributed by atoms with Gasteiger partial charge in [-0.25, -0.2) is 9.37 Å². The van der Waals surface area contributed by atoms with Crippen molar-refractivity contribution >= 4 is 22.6 Å². The Morgan fingerprint density at radius 3 is 2.62 bits per heavy atom. The van der Waals surface area contributed by atoms with Crippen LogP contribution in [0.4, 0.5) is 4.39 Å². The number of imidazole rings is 1. The standard InChI is InChI=1S/C16H14ClFN2O/c1-9(2)20-14-6-4-11(18)8-13(14)19-16(20)12-5-3-10(17)7-15(12)21/h3-9,21H,1-2H3. The summed E-state index contributed by atoms with van der Waals surface area (Å²) in [4.78, 5) is 4.48. The third kappa shape index (κ3) is 2.36. The first-order chi connectivity index (χ1) is 9.97. The van der Waals surface area contributed by atoms with E-state index in [1.807, 2.05) is 18.4 Å². The number of phenolic OH excluding ortho intramolecular Hbond substituents is 1. The van der Waals surface area contributed by atoms with Gasteiger partial charge in [0, 0.05) is 17.1 Å².